The number of hydrogen-bond donors (Lipinski definition) is 0. The molecule has 0 saturated carbocycles. The average molecular weight is 406 g/mol. The molecule has 1 aliphatic rings. The van der Waals surface area contributed by atoms with Crippen LogP contribution in [0.1, 0.15) is 21.5 Å². The molecule has 1 heterocycles. The van der Waals surface area contributed by atoms with E-state index < -0.39 is 5.97 Å². The first kappa shape index (κ1) is 18.8. The molecule has 0 fully saturated rings. The quantitative estimate of drug-likeness (QED) is 0.356. The van der Waals surface area contributed by atoms with Crippen LogP contribution in [0.4, 0.5) is 5.69 Å². The van der Waals surface area contributed by atoms with E-state index in [4.69, 9.17) is 4.84 Å². The standard InChI is InChI=1S/C26H18N2O3/c29-25-24(27-31-26(30)19-10-2-1-3-11-19)22-15-6-7-16-23(22)28(25)17-20-13-8-12-18-9-4-5-14-21(18)20/h1-16H,17H2/b27-24-. The van der Waals surface area contributed by atoms with Gasteiger partial charge in [0.2, 0.25) is 0 Å². The normalized spacial score (nSPS) is 14.1. The van der Waals surface area contributed by atoms with E-state index in [0.717, 1.165) is 22.0 Å². The summed E-state index contributed by atoms with van der Waals surface area (Å²) in [6, 6.07) is 30.1. The summed E-state index contributed by atoms with van der Waals surface area (Å²) in [5.74, 6) is -0.902. The van der Waals surface area contributed by atoms with Gasteiger partial charge in [0.1, 0.15) is 0 Å². The smallest absolute Gasteiger partial charge is 0.312 e. The second kappa shape index (κ2) is 7.88. The van der Waals surface area contributed by atoms with Crippen LogP contribution in [-0.4, -0.2) is 17.6 Å². The second-order valence-electron chi connectivity index (χ2n) is 7.23. The average Bonchev–Trinajstić information content (AvgIpc) is 3.09. The molecule has 5 rings (SSSR count). The summed E-state index contributed by atoms with van der Waals surface area (Å²) in [5, 5.41) is 6.16. The van der Waals surface area contributed by atoms with Gasteiger partial charge in [-0.1, -0.05) is 84.0 Å². The van der Waals surface area contributed by atoms with Crippen LogP contribution in [0.2, 0.25) is 0 Å². The number of amides is 1. The molecule has 31 heavy (non-hydrogen) atoms. The summed E-state index contributed by atoms with van der Waals surface area (Å²) in [6.45, 7) is 0.392. The van der Waals surface area contributed by atoms with Gasteiger partial charge in [-0.25, -0.2) is 4.79 Å². The molecule has 150 valence electrons. The molecule has 0 N–H and O–H groups in total. The number of benzene rings is 4. The van der Waals surface area contributed by atoms with Gasteiger partial charge in [-0.3, -0.25) is 4.79 Å². The van der Waals surface area contributed by atoms with Gasteiger partial charge >= 0.3 is 5.97 Å². The zero-order chi connectivity index (χ0) is 21.2. The fraction of sp³-hybridized carbons (Fsp3) is 0.0385. The van der Waals surface area contributed by atoms with Crippen LogP contribution < -0.4 is 4.90 Å². The Bertz CT molecular complexity index is 1320. The lowest BCUT2D eigenvalue weighted by Crippen LogP contribution is -2.30. The van der Waals surface area contributed by atoms with Crippen LogP contribution in [0, 0.1) is 0 Å². The maximum Gasteiger partial charge on any atom is 0.365 e. The van der Waals surface area contributed by atoms with Gasteiger partial charge in [0.15, 0.2) is 5.71 Å². The van der Waals surface area contributed by atoms with E-state index >= 15 is 0 Å². The molecule has 1 aliphatic heterocycles. The maximum atomic E-state index is 13.3. The van der Waals surface area contributed by atoms with Gasteiger partial charge in [0.25, 0.3) is 5.91 Å². The number of anilines is 1. The summed E-state index contributed by atoms with van der Waals surface area (Å²) in [5.41, 5.74) is 2.92. The van der Waals surface area contributed by atoms with Gasteiger partial charge < -0.3 is 9.74 Å². The Morgan fingerprint density at radius 1 is 0.806 bits per heavy atom. The molecular weight excluding hydrogens is 388 g/mol. The summed E-state index contributed by atoms with van der Waals surface area (Å²) in [7, 11) is 0. The van der Waals surface area contributed by atoms with E-state index in [9.17, 15) is 9.59 Å². The number of carbonyl (C=O) groups is 2. The fourth-order valence-corrected chi connectivity index (χ4v) is 3.82. The number of hydrogen-bond acceptors (Lipinski definition) is 4. The van der Waals surface area contributed by atoms with Crippen molar-refractivity contribution < 1.29 is 14.4 Å². The lowest BCUT2D eigenvalue weighted by Gasteiger charge is -2.18. The SMILES string of the molecule is O=C(O/N=C1\C(=O)N(Cc2cccc3ccccc23)c2ccccc21)c1ccccc1. The van der Waals surface area contributed by atoms with Crippen LogP contribution in [0.15, 0.2) is 102 Å². The van der Waals surface area contributed by atoms with E-state index in [1.54, 1.807) is 29.2 Å². The molecule has 0 radical (unpaired) electrons. The Kier molecular flexibility index (Phi) is 4.77. The van der Waals surface area contributed by atoms with Crippen molar-refractivity contribution in [1.82, 2.24) is 0 Å². The van der Waals surface area contributed by atoms with Crippen molar-refractivity contribution in [2.24, 2.45) is 5.16 Å². The minimum Gasteiger partial charge on any atom is -0.312 e. The maximum absolute atomic E-state index is 13.3. The third kappa shape index (κ3) is 3.46. The van der Waals surface area contributed by atoms with Gasteiger partial charge in [0, 0.05) is 5.56 Å². The van der Waals surface area contributed by atoms with E-state index in [1.165, 1.54) is 0 Å². The third-order valence-electron chi connectivity index (χ3n) is 5.34. The first-order chi connectivity index (χ1) is 15.2. The predicted molar refractivity (Wildman–Crippen MR) is 120 cm³/mol. The molecule has 4 aromatic carbocycles. The van der Waals surface area contributed by atoms with Crippen molar-refractivity contribution in [3.05, 3.63) is 114 Å². The van der Waals surface area contributed by atoms with Crippen molar-refractivity contribution in [2.45, 2.75) is 6.54 Å². The van der Waals surface area contributed by atoms with Crippen molar-refractivity contribution in [2.75, 3.05) is 4.90 Å². The Balaban J connectivity index is 1.48. The molecule has 0 aliphatic carbocycles. The first-order valence-electron chi connectivity index (χ1n) is 9.94. The summed E-state index contributed by atoms with van der Waals surface area (Å²) in [4.78, 5) is 32.3. The first-order valence-corrected chi connectivity index (χ1v) is 9.94. The zero-order valence-corrected chi connectivity index (χ0v) is 16.6. The molecule has 1 amide bonds. The minimum atomic E-state index is -0.606. The molecule has 4 aromatic rings. The molecular formula is C26H18N2O3. The van der Waals surface area contributed by atoms with E-state index in [0.29, 0.717) is 17.7 Å². The Labute approximate surface area is 179 Å². The molecule has 5 nitrogen and oxygen atoms in total. The van der Waals surface area contributed by atoms with Crippen molar-refractivity contribution >= 4 is 34.0 Å². The van der Waals surface area contributed by atoms with Crippen molar-refractivity contribution in [3.63, 3.8) is 0 Å². The lowest BCUT2D eigenvalue weighted by atomic mass is 10.0. The largest absolute Gasteiger partial charge is 0.365 e. The monoisotopic (exact) mass is 406 g/mol. The number of oxime groups is 1. The predicted octanol–water partition coefficient (Wildman–Crippen LogP) is 4.95. The van der Waals surface area contributed by atoms with Crippen LogP contribution >= 0.6 is 0 Å². The summed E-state index contributed by atoms with van der Waals surface area (Å²) >= 11 is 0. The highest BCUT2D eigenvalue weighted by molar-refractivity contribution is 6.54. The highest BCUT2D eigenvalue weighted by atomic mass is 16.7. The van der Waals surface area contributed by atoms with Crippen LogP contribution in [0.25, 0.3) is 10.8 Å². The lowest BCUT2D eigenvalue weighted by molar-refractivity contribution is -0.112. The number of nitrogens with zero attached hydrogens (tertiary/aromatic N) is 2. The minimum absolute atomic E-state index is 0.125. The molecule has 0 spiro atoms. The Morgan fingerprint density at radius 2 is 1.52 bits per heavy atom. The van der Waals surface area contributed by atoms with Crippen LogP contribution in [0.3, 0.4) is 0 Å². The molecule has 0 bridgehead atoms. The Hall–Kier alpha value is -4.25. The number of para-hydroxylation sites is 1. The molecule has 5 heteroatoms. The number of fused-ring (bicyclic) bond motifs is 2. The molecule has 0 saturated heterocycles. The van der Waals surface area contributed by atoms with E-state index in [2.05, 4.69) is 17.3 Å². The molecule has 0 atom stereocenters. The topological polar surface area (TPSA) is 59.0 Å². The van der Waals surface area contributed by atoms with Crippen molar-refractivity contribution in [3.8, 4) is 0 Å². The van der Waals surface area contributed by atoms with Gasteiger partial charge in [-0.05, 0) is 34.5 Å². The molecule has 0 aromatic heterocycles. The van der Waals surface area contributed by atoms with E-state index in [-0.39, 0.29) is 11.6 Å². The van der Waals surface area contributed by atoms with Crippen LogP contribution in [-0.2, 0) is 16.2 Å². The van der Waals surface area contributed by atoms with Gasteiger partial charge in [0.05, 0.1) is 17.8 Å². The van der Waals surface area contributed by atoms with E-state index in [1.807, 2.05) is 60.7 Å². The second-order valence-corrected chi connectivity index (χ2v) is 7.23. The number of rotatable bonds is 4. The highest BCUT2D eigenvalue weighted by Crippen LogP contribution is 2.32. The van der Waals surface area contributed by atoms with Gasteiger partial charge in [-0.2, -0.15) is 0 Å². The van der Waals surface area contributed by atoms with Gasteiger partial charge in [-0.15, -0.1) is 0 Å². The van der Waals surface area contributed by atoms with Crippen molar-refractivity contribution in [1.29, 1.82) is 0 Å². The highest BCUT2D eigenvalue weighted by Gasteiger charge is 2.35. The Morgan fingerprint density at radius 3 is 2.39 bits per heavy atom. The summed E-state index contributed by atoms with van der Waals surface area (Å²) in [6.07, 6.45) is 0. The zero-order valence-electron chi connectivity index (χ0n) is 16.6. The summed E-state index contributed by atoms with van der Waals surface area (Å²) < 4.78 is 0. The fourth-order valence-electron chi connectivity index (χ4n) is 3.82. The third-order valence-corrected chi connectivity index (χ3v) is 5.34. The number of carbonyl (C=O) groups excluding carboxylic acids is 2. The molecule has 0 unspecified atom stereocenters. The van der Waals surface area contributed by atoms with Crippen LogP contribution in [0.5, 0.6) is 0 Å².